The lowest BCUT2D eigenvalue weighted by molar-refractivity contribution is 0.313. The van der Waals surface area contributed by atoms with Crippen LogP contribution in [0, 0.1) is 0 Å². The van der Waals surface area contributed by atoms with Crippen molar-refractivity contribution in [2.45, 2.75) is 6.92 Å². The number of amidine groups is 1. The number of hydrogen-bond donors (Lipinski definition) is 1. The highest BCUT2D eigenvalue weighted by atomic mass is 15.2. The van der Waals surface area contributed by atoms with Gasteiger partial charge in [-0.2, -0.15) is 0 Å². The third kappa shape index (κ3) is 3.23. The van der Waals surface area contributed by atoms with E-state index in [0.29, 0.717) is 0 Å². The Labute approximate surface area is 109 Å². The molecule has 2 rings (SSSR count). The molecule has 1 saturated heterocycles. The first-order chi connectivity index (χ1) is 8.69. The quantitative estimate of drug-likeness (QED) is 0.638. The molecule has 0 unspecified atom stereocenters. The Kier molecular flexibility index (Phi) is 4.20. The number of nitrogens with zero attached hydrogens (tertiary/aromatic N) is 3. The number of aliphatic imine (C=N–C) groups is 1. The summed E-state index contributed by atoms with van der Waals surface area (Å²) in [6.45, 7) is 6.47. The van der Waals surface area contributed by atoms with Gasteiger partial charge in [0.15, 0.2) is 0 Å². The molecule has 1 N–H and O–H groups in total. The molecule has 1 fully saturated rings. The zero-order valence-corrected chi connectivity index (χ0v) is 11.5. The molecule has 0 bridgehead atoms. The third-order valence-corrected chi connectivity index (χ3v) is 3.40. The van der Waals surface area contributed by atoms with Crippen LogP contribution < -0.4 is 10.2 Å². The molecule has 0 saturated carbocycles. The minimum absolute atomic E-state index is 0.933. The molecule has 0 amide bonds. The minimum Gasteiger partial charge on any atom is -0.369 e. The van der Waals surface area contributed by atoms with Crippen molar-refractivity contribution in [3.63, 3.8) is 0 Å². The van der Waals surface area contributed by atoms with E-state index in [2.05, 4.69) is 51.4 Å². The van der Waals surface area contributed by atoms with Crippen LogP contribution in [0.2, 0.25) is 0 Å². The Morgan fingerprint density at radius 2 is 1.72 bits per heavy atom. The molecule has 0 radical (unpaired) electrons. The van der Waals surface area contributed by atoms with Crippen molar-refractivity contribution in [1.82, 2.24) is 4.90 Å². The van der Waals surface area contributed by atoms with E-state index < -0.39 is 0 Å². The van der Waals surface area contributed by atoms with Crippen LogP contribution in [0.3, 0.4) is 0 Å². The number of hydrogen-bond acceptors (Lipinski definition) is 3. The highest BCUT2D eigenvalue weighted by Crippen LogP contribution is 2.19. The molecule has 1 aliphatic heterocycles. The molecule has 0 atom stereocenters. The van der Waals surface area contributed by atoms with Gasteiger partial charge in [0.25, 0.3) is 0 Å². The summed E-state index contributed by atoms with van der Waals surface area (Å²) in [5.74, 6) is 0.933. The van der Waals surface area contributed by atoms with Gasteiger partial charge in [0.1, 0.15) is 0 Å². The van der Waals surface area contributed by atoms with Gasteiger partial charge < -0.3 is 15.1 Å². The summed E-state index contributed by atoms with van der Waals surface area (Å²) >= 11 is 0. The van der Waals surface area contributed by atoms with Crippen molar-refractivity contribution in [1.29, 1.82) is 0 Å². The fourth-order valence-corrected chi connectivity index (χ4v) is 2.09. The number of piperazine rings is 1. The number of benzene rings is 1. The Morgan fingerprint density at radius 3 is 2.28 bits per heavy atom. The number of likely N-dealkylation sites (N-methyl/N-ethyl adjacent to an activating group) is 1. The molecule has 4 nitrogen and oxygen atoms in total. The molecule has 0 spiro atoms. The molecule has 98 valence electrons. The second kappa shape index (κ2) is 5.87. The number of anilines is 2. The van der Waals surface area contributed by atoms with Crippen molar-refractivity contribution in [2.24, 2.45) is 4.99 Å². The first-order valence-corrected chi connectivity index (χ1v) is 6.43. The maximum absolute atomic E-state index is 4.09. The smallest absolute Gasteiger partial charge is 0.0972 e. The van der Waals surface area contributed by atoms with E-state index in [1.54, 1.807) is 7.05 Å². The lowest BCUT2D eigenvalue weighted by Gasteiger charge is -2.34. The second-order valence-electron chi connectivity index (χ2n) is 4.77. The summed E-state index contributed by atoms with van der Waals surface area (Å²) in [4.78, 5) is 8.90. The van der Waals surface area contributed by atoms with Gasteiger partial charge in [-0.3, -0.25) is 4.99 Å². The Hall–Kier alpha value is -1.55. The lowest BCUT2D eigenvalue weighted by atomic mass is 10.2. The van der Waals surface area contributed by atoms with Crippen LogP contribution in [0.1, 0.15) is 6.92 Å². The third-order valence-electron chi connectivity index (χ3n) is 3.40. The van der Waals surface area contributed by atoms with E-state index in [9.17, 15) is 0 Å². The summed E-state index contributed by atoms with van der Waals surface area (Å²) < 4.78 is 0. The normalized spacial score (nSPS) is 17.9. The van der Waals surface area contributed by atoms with E-state index in [4.69, 9.17) is 0 Å². The summed E-state index contributed by atoms with van der Waals surface area (Å²) in [5.41, 5.74) is 2.40. The van der Waals surface area contributed by atoms with Crippen LogP contribution in [-0.2, 0) is 0 Å². The Bertz CT molecular complexity index is 402. The SMILES string of the molecule is CN=C(C)Nc1ccc(N2CCN(C)CC2)cc1. The van der Waals surface area contributed by atoms with Gasteiger partial charge in [0, 0.05) is 44.6 Å². The van der Waals surface area contributed by atoms with Gasteiger partial charge in [-0.25, -0.2) is 0 Å². The maximum atomic E-state index is 4.09. The number of nitrogens with one attached hydrogen (secondary N) is 1. The molecule has 0 aliphatic carbocycles. The van der Waals surface area contributed by atoms with Crippen molar-refractivity contribution in [2.75, 3.05) is 50.5 Å². The van der Waals surface area contributed by atoms with Crippen molar-refractivity contribution >= 4 is 17.2 Å². The molecule has 0 aromatic heterocycles. The van der Waals surface area contributed by atoms with E-state index >= 15 is 0 Å². The average molecular weight is 246 g/mol. The summed E-state index contributed by atoms with van der Waals surface area (Å²) in [6, 6.07) is 8.58. The number of rotatable bonds is 2. The first-order valence-electron chi connectivity index (χ1n) is 6.43. The van der Waals surface area contributed by atoms with Crippen molar-refractivity contribution < 1.29 is 0 Å². The Balaban J connectivity index is 1.99. The molecular weight excluding hydrogens is 224 g/mol. The van der Waals surface area contributed by atoms with Crippen LogP contribution in [0.4, 0.5) is 11.4 Å². The van der Waals surface area contributed by atoms with Crippen molar-refractivity contribution in [3.05, 3.63) is 24.3 Å². The fourth-order valence-electron chi connectivity index (χ4n) is 2.09. The summed E-state index contributed by atoms with van der Waals surface area (Å²) in [6.07, 6.45) is 0. The van der Waals surface area contributed by atoms with Gasteiger partial charge in [-0.05, 0) is 38.2 Å². The zero-order chi connectivity index (χ0) is 13.0. The minimum atomic E-state index is 0.933. The predicted octanol–water partition coefficient (Wildman–Crippen LogP) is 1.90. The van der Waals surface area contributed by atoms with Crippen molar-refractivity contribution in [3.8, 4) is 0 Å². The standard InChI is InChI=1S/C14H22N4/c1-12(15-2)16-13-4-6-14(7-5-13)18-10-8-17(3)9-11-18/h4-7H,8-11H2,1-3H3,(H,15,16). The van der Waals surface area contributed by atoms with Crippen LogP contribution >= 0.6 is 0 Å². The van der Waals surface area contributed by atoms with E-state index in [0.717, 1.165) is 37.7 Å². The van der Waals surface area contributed by atoms with E-state index in [-0.39, 0.29) is 0 Å². The molecule has 18 heavy (non-hydrogen) atoms. The van der Waals surface area contributed by atoms with Crippen LogP contribution in [0.15, 0.2) is 29.3 Å². The molecule has 4 heteroatoms. The lowest BCUT2D eigenvalue weighted by Crippen LogP contribution is -2.44. The predicted molar refractivity (Wildman–Crippen MR) is 78.8 cm³/mol. The van der Waals surface area contributed by atoms with Crippen LogP contribution in [-0.4, -0.2) is 51.0 Å². The van der Waals surface area contributed by atoms with E-state index in [1.807, 2.05) is 6.92 Å². The first kappa shape index (κ1) is 12.9. The average Bonchev–Trinajstić information content (AvgIpc) is 2.40. The van der Waals surface area contributed by atoms with Gasteiger partial charge in [0.05, 0.1) is 5.84 Å². The molecule has 1 aromatic rings. The summed E-state index contributed by atoms with van der Waals surface area (Å²) in [5, 5.41) is 3.25. The fraction of sp³-hybridized carbons (Fsp3) is 0.500. The molecule has 1 aromatic carbocycles. The van der Waals surface area contributed by atoms with Gasteiger partial charge in [-0.15, -0.1) is 0 Å². The summed E-state index contributed by atoms with van der Waals surface area (Å²) in [7, 11) is 3.97. The zero-order valence-electron chi connectivity index (χ0n) is 11.5. The maximum Gasteiger partial charge on any atom is 0.0972 e. The largest absolute Gasteiger partial charge is 0.369 e. The highest BCUT2D eigenvalue weighted by molar-refractivity contribution is 5.93. The molecule has 1 heterocycles. The van der Waals surface area contributed by atoms with Crippen LogP contribution in [0.25, 0.3) is 0 Å². The highest BCUT2D eigenvalue weighted by Gasteiger charge is 2.13. The van der Waals surface area contributed by atoms with Gasteiger partial charge in [0.2, 0.25) is 0 Å². The van der Waals surface area contributed by atoms with Gasteiger partial charge in [-0.1, -0.05) is 0 Å². The second-order valence-corrected chi connectivity index (χ2v) is 4.77. The van der Waals surface area contributed by atoms with Crippen LogP contribution in [0.5, 0.6) is 0 Å². The molecule has 1 aliphatic rings. The van der Waals surface area contributed by atoms with Gasteiger partial charge >= 0.3 is 0 Å². The Morgan fingerprint density at radius 1 is 1.11 bits per heavy atom. The van der Waals surface area contributed by atoms with E-state index in [1.165, 1.54) is 5.69 Å². The molecular formula is C14H22N4. The topological polar surface area (TPSA) is 30.9 Å². The monoisotopic (exact) mass is 246 g/mol.